The minimum atomic E-state index is -0.0110. The molecule has 1 unspecified atom stereocenters. The van der Waals surface area contributed by atoms with E-state index in [0.717, 1.165) is 10.2 Å². The molecule has 0 aliphatic heterocycles. The lowest BCUT2D eigenvalue weighted by Crippen LogP contribution is -2.38. The van der Waals surface area contributed by atoms with Gasteiger partial charge in [-0.1, -0.05) is 12.1 Å². The second-order valence-electron chi connectivity index (χ2n) is 4.83. The predicted octanol–water partition coefficient (Wildman–Crippen LogP) is 2.49. The molecule has 0 saturated heterocycles. The molecule has 1 aromatic rings. The molecule has 112 valence electrons. The van der Waals surface area contributed by atoms with E-state index in [1.54, 1.807) is 0 Å². The number of hydrogen-bond donors (Lipinski definition) is 2. The van der Waals surface area contributed by atoms with Gasteiger partial charge < -0.3 is 15.8 Å². The Morgan fingerprint density at radius 3 is 2.80 bits per heavy atom. The molecule has 1 aliphatic carbocycles. The lowest BCUT2D eigenvalue weighted by Gasteiger charge is -2.12. The molecule has 0 spiro atoms. The van der Waals surface area contributed by atoms with Crippen molar-refractivity contribution in [1.82, 2.24) is 5.32 Å². The van der Waals surface area contributed by atoms with Crippen molar-refractivity contribution >= 4 is 34.2 Å². The van der Waals surface area contributed by atoms with Crippen LogP contribution in [0.15, 0.2) is 28.7 Å². The number of rotatable bonds is 7. The van der Waals surface area contributed by atoms with Gasteiger partial charge in [-0.3, -0.25) is 4.79 Å². The van der Waals surface area contributed by atoms with Crippen LogP contribution in [0.1, 0.15) is 19.3 Å². The molecule has 0 aromatic heterocycles. The first-order chi connectivity index (χ1) is 9.16. The molecule has 0 radical (unpaired) electrons. The van der Waals surface area contributed by atoms with Crippen LogP contribution in [-0.4, -0.2) is 25.1 Å². The molecule has 3 N–H and O–H groups in total. The summed E-state index contributed by atoms with van der Waals surface area (Å²) in [7, 11) is 0. The smallest absolute Gasteiger partial charge is 0.223 e. The van der Waals surface area contributed by atoms with Gasteiger partial charge in [0.05, 0.1) is 17.5 Å². The van der Waals surface area contributed by atoms with Gasteiger partial charge in [0.25, 0.3) is 0 Å². The van der Waals surface area contributed by atoms with Crippen molar-refractivity contribution in [2.75, 3.05) is 13.2 Å². The van der Waals surface area contributed by atoms with Crippen LogP contribution in [-0.2, 0) is 4.79 Å². The van der Waals surface area contributed by atoms with Crippen molar-refractivity contribution in [2.24, 2.45) is 11.7 Å². The molecule has 1 atom stereocenters. The van der Waals surface area contributed by atoms with E-state index in [0.29, 0.717) is 25.5 Å². The van der Waals surface area contributed by atoms with Crippen molar-refractivity contribution < 1.29 is 9.53 Å². The zero-order chi connectivity index (χ0) is 13.7. The fourth-order valence-electron chi connectivity index (χ4n) is 1.83. The monoisotopic (exact) mass is 362 g/mol. The summed E-state index contributed by atoms with van der Waals surface area (Å²) in [5, 5.41) is 2.85. The number of hydrogen-bond acceptors (Lipinski definition) is 3. The molecule has 1 aliphatic rings. The lowest BCUT2D eigenvalue weighted by molar-refractivity contribution is -0.121. The Labute approximate surface area is 134 Å². The highest BCUT2D eigenvalue weighted by atomic mass is 79.9. The summed E-state index contributed by atoms with van der Waals surface area (Å²) >= 11 is 3.39. The Morgan fingerprint density at radius 1 is 1.45 bits per heavy atom. The molecule has 2 rings (SSSR count). The lowest BCUT2D eigenvalue weighted by atomic mass is 10.2. The maximum atomic E-state index is 11.6. The number of nitrogens with two attached hydrogens (primary N) is 1. The van der Waals surface area contributed by atoms with Crippen molar-refractivity contribution in [3.05, 3.63) is 28.7 Å². The van der Waals surface area contributed by atoms with Gasteiger partial charge in [-0.2, -0.15) is 0 Å². The third kappa shape index (κ3) is 5.69. The molecule has 0 heterocycles. The van der Waals surface area contributed by atoms with E-state index in [4.69, 9.17) is 10.5 Å². The Morgan fingerprint density at radius 2 is 2.15 bits per heavy atom. The Hall–Kier alpha value is -0.780. The van der Waals surface area contributed by atoms with Gasteiger partial charge in [0.2, 0.25) is 5.91 Å². The maximum absolute atomic E-state index is 11.6. The van der Waals surface area contributed by atoms with Crippen molar-refractivity contribution in [3.63, 3.8) is 0 Å². The van der Waals surface area contributed by atoms with Crippen molar-refractivity contribution in [3.8, 4) is 5.75 Å². The summed E-state index contributed by atoms with van der Waals surface area (Å²) in [6.07, 6.45) is 2.74. The minimum absolute atomic E-state index is 0. The second kappa shape index (κ2) is 8.49. The fourth-order valence-corrected chi connectivity index (χ4v) is 2.23. The van der Waals surface area contributed by atoms with Crippen LogP contribution < -0.4 is 15.8 Å². The van der Waals surface area contributed by atoms with Gasteiger partial charge in [0.15, 0.2) is 0 Å². The van der Waals surface area contributed by atoms with E-state index in [1.165, 1.54) is 12.8 Å². The van der Waals surface area contributed by atoms with Crippen LogP contribution in [0.2, 0.25) is 0 Å². The third-order valence-corrected chi connectivity index (χ3v) is 3.84. The number of ether oxygens (including phenoxy) is 1. The predicted molar refractivity (Wildman–Crippen MR) is 85.2 cm³/mol. The molecule has 20 heavy (non-hydrogen) atoms. The summed E-state index contributed by atoms with van der Waals surface area (Å²) in [6.45, 7) is 0.936. The standard InChI is InChI=1S/C14H19BrN2O2.ClH/c15-11-3-1-2-4-13(11)19-8-7-14(18)17-9-12(16)10-5-6-10;/h1-4,10,12H,5-9,16H2,(H,17,18);1H. The number of para-hydroxylation sites is 1. The SMILES string of the molecule is Cl.NC(CNC(=O)CCOc1ccccc1Br)C1CC1. The molecule has 6 heteroatoms. The topological polar surface area (TPSA) is 64.3 Å². The third-order valence-electron chi connectivity index (χ3n) is 3.19. The summed E-state index contributed by atoms with van der Waals surface area (Å²) < 4.78 is 6.43. The van der Waals surface area contributed by atoms with Gasteiger partial charge in [-0.15, -0.1) is 12.4 Å². The fraction of sp³-hybridized carbons (Fsp3) is 0.500. The van der Waals surface area contributed by atoms with Crippen LogP contribution in [0, 0.1) is 5.92 Å². The molecular weight excluding hydrogens is 344 g/mol. The van der Waals surface area contributed by atoms with Crippen LogP contribution >= 0.6 is 28.3 Å². The average Bonchev–Trinajstić information content (AvgIpc) is 3.22. The van der Waals surface area contributed by atoms with Gasteiger partial charge >= 0.3 is 0 Å². The first-order valence-electron chi connectivity index (χ1n) is 6.56. The number of nitrogens with one attached hydrogen (secondary N) is 1. The average molecular weight is 364 g/mol. The highest BCUT2D eigenvalue weighted by molar-refractivity contribution is 9.10. The molecule has 1 aromatic carbocycles. The van der Waals surface area contributed by atoms with Crippen molar-refractivity contribution in [1.29, 1.82) is 0 Å². The quantitative estimate of drug-likeness (QED) is 0.782. The molecule has 4 nitrogen and oxygen atoms in total. The van der Waals surface area contributed by atoms with E-state index in [2.05, 4.69) is 21.2 Å². The van der Waals surface area contributed by atoms with E-state index in [9.17, 15) is 4.79 Å². The molecule has 1 amide bonds. The van der Waals surface area contributed by atoms with Gasteiger partial charge in [-0.25, -0.2) is 0 Å². The van der Waals surface area contributed by atoms with Crippen LogP contribution in [0.5, 0.6) is 5.75 Å². The van der Waals surface area contributed by atoms with Crippen LogP contribution in [0.4, 0.5) is 0 Å². The largest absolute Gasteiger partial charge is 0.492 e. The normalized spacial score (nSPS) is 15.1. The summed E-state index contributed by atoms with van der Waals surface area (Å²) in [5.74, 6) is 1.35. The second-order valence-corrected chi connectivity index (χ2v) is 5.69. The van der Waals surface area contributed by atoms with E-state index in [1.807, 2.05) is 24.3 Å². The molecule has 0 bridgehead atoms. The number of benzene rings is 1. The molecular formula is C14H20BrClN2O2. The first-order valence-corrected chi connectivity index (χ1v) is 7.35. The van der Waals surface area contributed by atoms with Crippen LogP contribution in [0.25, 0.3) is 0 Å². The summed E-state index contributed by atoms with van der Waals surface area (Å²) in [5.41, 5.74) is 5.91. The Kier molecular flexibility index (Phi) is 7.34. The number of carbonyl (C=O) groups excluding carboxylic acids is 1. The highest BCUT2D eigenvalue weighted by Crippen LogP contribution is 2.31. The number of amides is 1. The number of halogens is 2. The number of carbonyl (C=O) groups is 1. The molecule has 1 fully saturated rings. The Bertz CT molecular complexity index is 441. The summed E-state index contributed by atoms with van der Waals surface area (Å²) in [6, 6.07) is 7.69. The van der Waals surface area contributed by atoms with Gasteiger partial charge in [0.1, 0.15) is 5.75 Å². The molecule has 1 saturated carbocycles. The zero-order valence-electron chi connectivity index (χ0n) is 11.2. The first kappa shape index (κ1) is 17.3. The van der Waals surface area contributed by atoms with Crippen molar-refractivity contribution in [2.45, 2.75) is 25.3 Å². The summed E-state index contributed by atoms with van der Waals surface area (Å²) in [4.78, 5) is 11.6. The van der Waals surface area contributed by atoms with Gasteiger partial charge in [-0.05, 0) is 46.8 Å². The van der Waals surface area contributed by atoms with Crippen LogP contribution in [0.3, 0.4) is 0 Å². The minimum Gasteiger partial charge on any atom is -0.492 e. The zero-order valence-corrected chi connectivity index (χ0v) is 13.6. The Balaban J connectivity index is 0.00000200. The van der Waals surface area contributed by atoms with Gasteiger partial charge in [0, 0.05) is 12.6 Å². The van der Waals surface area contributed by atoms with E-state index in [-0.39, 0.29) is 24.4 Å². The van der Waals surface area contributed by atoms with E-state index < -0.39 is 0 Å². The maximum Gasteiger partial charge on any atom is 0.223 e. The van der Waals surface area contributed by atoms with E-state index >= 15 is 0 Å². The highest BCUT2D eigenvalue weighted by Gasteiger charge is 2.28.